The van der Waals surface area contributed by atoms with Crippen LogP contribution in [0, 0.1) is 0 Å². The number of rotatable bonds is 9. The number of carbonyl (C=O) groups excluding carboxylic acids is 1. The van der Waals surface area contributed by atoms with Crippen LogP contribution in [0.1, 0.15) is 38.0 Å². The molecule has 27 heavy (non-hydrogen) atoms. The molecule has 1 aliphatic rings. The molecule has 1 N–H and O–H groups in total. The maximum atomic E-state index is 12.2. The van der Waals surface area contributed by atoms with Crippen LogP contribution in [-0.2, 0) is 4.79 Å². The summed E-state index contributed by atoms with van der Waals surface area (Å²) in [5.74, 6) is 2.19. The molecule has 1 aromatic carbocycles. The molecular formula is C21H28N2O4. The zero-order chi connectivity index (χ0) is 18.9. The number of carbonyl (C=O) groups is 1. The minimum atomic E-state index is -0.141. The Balaban J connectivity index is 1.48. The fraction of sp³-hybridized carbons (Fsp3) is 0.476. The van der Waals surface area contributed by atoms with Gasteiger partial charge in [-0.15, -0.1) is 0 Å². The van der Waals surface area contributed by atoms with Gasteiger partial charge in [-0.3, -0.25) is 9.69 Å². The Labute approximate surface area is 160 Å². The number of nitrogens with one attached hydrogen (secondary N) is 1. The van der Waals surface area contributed by atoms with Gasteiger partial charge in [0.15, 0.2) is 6.61 Å². The molecule has 6 heteroatoms. The predicted molar refractivity (Wildman–Crippen MR) is 103 cm³/mol. The van der Waals surface area contributed by atoms with Gasteiger partial charge in [-0.2, -0.15) is 0 Å². The molecule has 6 nitrogen and oxygen atoms in total. The Morgan fingerprint density at radius 3 is 2.44 bits per heavy atom. The number of benzene rings is 1. The summed E-state index contributed by atoms with van der Waals surface area (Å²) in [7, 11) is 0. The molecule has 1 atom stereocenters. The van der Waals surface area contributed by atoms with E-state index >= 15 is 0 Å². The van der Waals surface area contributed by atoms with Crippen LogP contribution in [0.2, 0.25) is 0 Å². The molecule has 1 amide bonds. The molecule has 3 rings (SSSR count). The van der Waals surface area contributed by atoms with Gasteiger partial charge in [-0.25, -0.2) is 0 Å². The van der Waals surface area contributed by atoms with E-state index < -0.39 is 0 Å². The first kappa shape index (κ1) is 19.3. The van der Waals surface area contributed by atoms with Gasteiger partial charge in [0.25, 0.3) is 5.91 Å². The third-order valence-corrected chi connectivity index (χ3v) is 4.70. The molecule has 0 spiro atoms. The maximum Gasteiger partial charge on any atom is 0.258 e. The lowest BCUT2D eigenvalue weighted by molar-refractivity contribution is -0.123. The van der Waals surface area contributed by atoms with Crippen LogP contribution in [0.5, 0.6) is 11.5 Å². The number of likely N-dealkylation sites (tertiary alicyclic amines) is 1. The third-order valence-electron chi connectivity index (χ3n) is 4.70. The van der Waals surface area contributed by atoms with Crippen molar-refractivity contribution in [1.82, 2.24) is 10.2 Å². The third kappa shape index (κ3) is 5.76. The molecule has 1 fully saturated rings. The van der Waals surface area contributed by atoms with Gasteiger partial charge in [0, 0.05) is 6.54 Å². The molecule has 1 aliphatic heterocycles. The van der Waals surface area contributed by atoms with Crippen molar-refractivity contribution in [3.8, 4) is 11.5 Å². The second kappa shape index (κ2) is 10.0. The highest BCUT2D eigenvalue weighted by Crippen LogP contribution is 2.24. The van der Waals surface area contributed by atoms with Crippen LogP contribution in [0.4, 0.5) is 0 Å². The van der Waals surface area contributed by atoms with E-state index in [4.69, 9.17) is 13.9 Å². The molecule has 0 bridgehead atoms. The smallest absolute Gasteiger partial charge is 0.258 e. The van der Waals surface area contributed by atoms with Crippen LogP contribution in [0.25, 0.3) is 0 Å². The van der Waals surface area contributed by atoms with E-state index in [2.05, 4.69) is 10.2 Å². The van der Waals surface area contributed by atoms with E-state index in [9.17, 15) is 4.79 Å². The summed E-state index contributed by atoms with van der Waals surface area (Å²) < 4.78 is 16.6. The Hall–Kier alpha value is -2.47. The van der Waals surface area contributed by atoms with Gasteiger partial charge in [0.05, 0.1) is 18.9 Å². The Kier molecular flexibility index (Phi) is 7.16. The lowest BCUT2D eigenvalue weighted by atomic mass is 10.1. The van der Waals surface area contributed by atoms with Crippen molar-refractivity contribution >= 4 is 5.91 Å². The topological polar surface area (TPSA) is 63.9 Å². The number of piperidine rings is 1. The molecule has 1 unspecified atom stereocenters. The zero-order valence-corrected chi connectivity index (χ0v) is 15.9. The highest BCUT2D eigenvalue weighted by Gasteiger charge is 2.24. The van der Waals surface area contributed by atoms with E-state index in [-0.39, 0.29) is 18.6 Å². The van der Waals surface area contributed by atoms with Crippen LogP contribution >= 0.6 is 0 Å². The van der Waals surface area contributed by atoms with Crippen molar-refractivity contribution < 1.29 is 18.7 Å². The second-order valence-electron chi connectivity index (χ2n) is 6.63. The molecular weight excluding hydrogens is 344 g/mol. The van der Waals surface area contributed by atoms with Gasteiger partial charge in [-0.1, -0.05) is 6.42 Å². The average Bonchev–Trinajstić information content (AvgIpc) is 3.23. The number of nitrogens with zero attached hydrogens (tertiary/aromatic N) is 1. The Morgan fingerprint density at radius 1 is 1.11 bits per heavy atom. The van der Waals surface area contributed by atoms with E-state index in [0.717, 1.165) is 24.6 Å². The first-order valence-electron chi connectivity index (χ1n) is 9.66. The van der Waals surface area contributed by atoms with Gasteiger partial charge >= 0.3 is 0 Å². The lowest BCUT2D eigenvalue weighted by Crippen LogP contribution is -2.41. The summed E-state index contributed by atoms with van der Waals surface area (Å²) in [6.45, 7) is 5.12. The highest BCUT2D eigenvalue weighted by molar-refractivity contribution is 5.77. The molecule has 146 valence electrons. The average molecular weight is 372 g/mol. The summed E-state index contributed by atoms with van der Waals surface area (Å²) in [5, 5.41) is 2.98. The zero-order valence-electron chi connectivity index (χ0n) is 15.9. The molecule has 0 aliphatic carbocycles. The van der Waals surface area contributed by atoms with Gasteiger partial charge in [-0.05, 0) is 69.3 Å². The van der Waals surface area contributed by atoms with Crippen molar-refractivity contribution in [2.24, 2.45) is 0 Å². The normalized spacial score (nSPS) is 15.9. The Morgan fingerprint density at radius 2 is 1.81 bits per heavy atom. The van der Waals surface area contributed by atoms with Crippen molar-refractivity contribution in [1.29, 1.82) is 0 Å². The summed E-state index contributed by atoms with van der Waals surface area (Å²) >= 11 is 0. The summed E-state index contributed by atoms with van der Waals surface area (Å²) in [4.78, 5) is 14.6. The molecule has 1 saturated heterocycles. The quantitative estimate of drug-likeness (QED) is 0.731. The van der Waals surface area contributed by atoms with E-state index in [1.807, 2.05) is 31.2 Å². The molecule has 2 heterocycles. The summed E-state index contributed by atoms with van der Waals surface area (Å²) in [6, 6.07) is 11.2. The number of furan rings is 1. The number of hydrogen-bond acceptors (Lipinski definition) is 5. The number of hydrogen-bond donors (Lipinski definition) is 1. The highest BCUT2D eigenvalue weighted by atomic mass is 16.5. The van der Waals surface area contributed by atoms with Crippen LogP contribution in [-0.4, -0.2) is 43.7 Å². The van der Waals surface area contributed by atoms with Gasteiger partial charge in [0.1, 0.15) is 17.3 Å². The van der Waals surface area contributed by atoms with E-state index in [0.29, 0.717) is 18.9 Å². The fourth-order valence-electron chi connectivity index (χ4n) is 3.33. The molecule has 2 aromatic rings. The minimum absolute atomic E-state index is 0.0150. The fourth-order valence-corrected chi connectivity index (χ4v) is 3.33. The van der Waals surface area contributed by atoms with Crippen molar-refractivity contribution in [2.45, 2.75) is 32.2 Å². The van der Waals surface area contributed by atoms with Crippen LogP contribution in [0.3, 0.4) is 0 Å². The van der Waals surface area contributed by atoms with Gasteiger partial charge in [0.2, 0.25) is 0 Å². The monoisotopic (exact) mass is 372 g/mol. The van der Waals surface area contributed by atoms with Crippen LogP contribution < -0.4 is 14.8 Å². The SMILES string of the molecule is CCOc1ccc(OCC(=O)NCC(c2ccco2)N2CCCCC2)cc1. The number of ether oxygens (including phenoxy) is 2. The lowest BCUT2D eigenvalue weighted by Gasteiger charge is -2.33. The van der Waals surface area contributed by atoms with Gasteiger partial charge < -0.3 is 19.2 Å². The molecule has 1 aromatic heterocycles. The van der Waals surface area contributed by atoms with E-state index in [1.165, 1.54) is 19.3 Å². The Bertz CT molecular complexity index is 679. The first-order chi connectivity index (χ1) is 13.3. The number of amides is 1. The van der Waals surface area contributed by atoms with E-state index in [1.54, 1.807) is 18.4 Å². The predicted octanol–water partition coefficient (Wildman–Crippen LogP) is 3.40. The summed E-state index contributed by atoms with van der Waals surface area (Å²) in [6.07, 6.45) is 5.32. The van der Waals surface area contributed by atoms with Crippen molar-refractivity contribution in [2.75, 3.05) is 32.8 Å². The van der Waals surface area contributed by atoms with Crippen molar-refractivity contribution in [3.05, 3.63) is 48.4 Å². The maximum absolute atomic E-state index is 12.2. The van der Waals surface area contributed by atoms with Crippen molar-refractivity contribution in [3.63, 3.8) is 0 Å². The molecule has 0 saturated carbocycles. The first-order valence-corrected chi connectivity index (χ1v) is 9.66. The molecule has 0 radical (unpaired) electrons. The minimum Gasteiger partial charge on any atom is -0.494 e. The largest absolute Gasteiger partial charge is 0.494 e. The summed E-state index contributed by atoms with van der Waals surface area (Å²) in [5.41, 5.74) is 0. The second-order valence-corrected chi connectivity index (χ2v) is 6.63. The van der Waals surface area contributed by atoms with Crippen LogP contribution in [0.15, 0.2) is 47.1 Å². The standard InChI is InChI=1S/C21H28N2O4/c1-2-25-17-8-10-18(11-9-17)27-16-21(24)22-15-19(20-7-6-14-26-20)23-12-4-3-5-13-23/h6-11,14,19H,2-5,12-13,15-16H2,1H3,(H,22,24).